The van der Waals surface area contributed by atoms with E-state index < -0.39 is 11.6 Å². The largest absolute Gasteiger partial charge is 0.333 e. The lowest BCUT2D eigenvalue weighted by molar-refractivity contribution is 0.499. The van der Waals surface area contributed by atoms with Crippen molar-refractivity contribution in [2.75, 3.05) is 7.05 Å². The van der Waals surface area contributed by atoms with Gasteiger partial charge in [0, 0.05) is 6.07 Å². The molecular formula is C15H27F2N. The second-order valence-electron chi connectivity index (χ2n) is 3.83. The van der Waals surface area contributed by atoms with Crippen molar-refractivity contribution in [2.45, 2.75) is 47.0 Å². The van der Waals surface area contributed by atoms with Crippen LogP contribution in [0.15, 0.2) is 18.2 Å². The molecule has 0 aromatic heterocycles. The van der Waals surface area contributed by atoms with E-state index in [4.69, 9.17) is 0 Å². The second-order valence-corrected chi connectivity index (χ2v) is 3.83. The van der Waals surface area contributed by atoms with Crippen LogP contribution in [0.25, 0.3) is 0 Å². The maximum Gasteiger partial charge on any atom is 0.129 e. The molecule has 0 aliphatic rings. The molecule has 0 fully saturated rings. The molecule has 0 aliphatic carbocycles. The van der Waals surface area contributed by atoms with Crippen molar-refractivity contribution in [3.05, 3.63) is 35.4 Å². The molecule has 0 bridgehead atoms. The molecule has 2 N–H and O–H groups in total. The van der Waals surface area contributed by atoms with Crippen LogP contribution in [0, 0.1) is 17.6 Å². The fraction of sp³-hybridized carbons (Fsp3) is 0.600. The molecule has 1 nitrogen and oxygen atoms in total. The third kappa shape index (κ3) is 8.18. The van der Waals surface area contributed by atoms with Crippen LogP contribution in [0.1, 0.15) is 46.1 Å². The zero-order valence-electron chi connectivity index (χ0n) is 12.3. The van der Waals surface area contributed by atoms with Crippen LogP contribution in [0.3, 0.4) is 0 Å². The molecule has 0 radical (unpaired) electrons. The van der Waals surface area contributed by atoms with E-state index in [0.29, 0.717) is 17.9 Å². The highest BCUT2D eigenvalue weighted by Gasteiger charge is 2.07. The van der Waals surface area contributed by atoms with Crippen molar-refractivity contribution >= 4 is 0 Å². The minimum absolute atomic E-state index is 0.423. The van der Waals surface area contributed by atoms with Crippen LogP contribution >= 0.6 is 0 Å². The molecule has 106 valence electrons. The molecule has 1 aromatic rings. The summed E-state index contributed by atoms with van der Waals surface area (Å²) in [6.07, 6.45) is 2.88. The van der Waals surface area contributed by atoms with Gasteiger partial charge in [0.1, 0.15) is 11.6 Å². The van der Waals surface area contributed by atoms with E-state index in [0.717, 1.165) is 18.9 Å². The van der Waals surface area contributed by atoms with Crippen molar-refractivity contribution in [2.24, 2.45) is 11.7 Å². The number of nitrogens with two attached hydrogens (primary N) is 1. The van der Waals surface area contributed by atoms with E-state index >= 15 is 0 Å². The number of hydrogen-bond acceptors (Lipinski definition) is 1. The van der Waals surface area contributed by atoms with Crippen LogP contribution in [0.5, 0.6) is 0 Å². The normalized spacial score (nSPS) is 10.7. The van der Waals surface area contributed by atoms with Crippen molar-refractivity contribution < 1.29 is 8.78 Å². The lowest BCUT2D eigenvalue weighted by Gasteiger charge is -2.10. The molecule has 0 spiro atoms. The monoisotopic (exact) mass is 259 g/mol. The first kappa shape index (κ1) is 19.4. The van der Waals surface area contributed by atoms with Gasteiger partial charge < -0.3 is 5.73 Å². The highest BCUT2D eigenvalue weighted by Crippen LogP contribution is 2.17. The summed E-state index contributed by atoms with van der Waals surface area (Å²) >= 11 is 0. The maximum atomic E-state index is 13.2. The number of hydrogen-bond donors (Lipinski definition) is 1. The molecule has 1 rings (SSSR count). The number of rotatable bonds is 4. The Balaban J connectivity index is 0. The first-order chi connectivity index (χ1) is 8.63. The Morgan fingerprint density at radius 2 is 1.72 bits per heavy atom. The zero-order valence-corrected chi connectivity index (χ0v) is 12.3. The fourth-order valence-electron chi connectivity index (χ4n) is 1.66. The Morgan fingerprint density at radius 3 is 2.17 bits per heavy atom. The molecule has 0 amide bonds. The second kappa shape index (κ2) is 12.5. The van der Waals surface area contributed by atoms with Gasteiger partial charge in [0.25, 0.3) is 0 Å². The van der Waals surface area contributed by atoms with E-state index in [2.05, 4.69) is 19.6 Å². The number of benzene rings is 1. The molecule has 0 heterocycles. The molecule has 1 atom stereocenters. The summed E-state index contributed by atoms with van der Waals surface area (Å²) in [6.45, 7) is 8.20. The lowest BCUT2D eigenvalue weighted by Crippen LogP contribution is -2.01. The summed E-state index contributed by atoms with van der Waals surface area (Å²) in [7, 11) is 1.50. The third-order valence-corrected chi connectivity index (χ3v) is 2.36. The Labute approximate surface area is 110 Å². The highest BCUT2D eigenvalue weighted by atomic mass is 19.1. The van der Waals surface area contributed by atoms with Gasteiger partial charge in [-0.15, -0.1) is 0 Å². The van der Waals surface area contributed by atoms with Crippen LogP contribution < -0.4 is 5.73 Å². The third-order valence-electron chi connectivity index (χ3n) is 2.36. The average molecular weight is 259 g/mol. The van der Waals surface area contributed by atoms with Crippen LogP contribution in [0.2, 0.25) is 0 Å². The van der Waals surface area contributed by atoms with Crippen molar-refractivity contribution in [1.82, 2.24) is 0 Å². The summed E-state index contributed by atoms with van der Waals surface area (Å²) in [5.74, 6) is -0.470. The molecule has 1 aromatic carbocycles. The quantitative estimate of drug-likeness (QED) is 0.843. The van der Waals surface area contributed by atoms with E-state index in [1.165, 1.54) is 19.2 Å². The van der Waals surface area contributed by atoms with Gasteiger partial charge in [-0.2, -0.15) is 0 Å². The van der Waals surface area contributed by atoms with Gasteiger partial charge >= 0.3 is 0 Å². The molecule has 3 heteroatoms. The molecule has 0 saturated carbocycles. The van der Waals surface area contributed by atoms with Gasteiger partial charge in [-0.3, -0.25) is 0 Å². The Kier molecular flexibility index (Phi) is 13.5. The van der Waals surface area contributed by atoms with Crippen molar-refractivity contribution in [3.8, 4) is 0 Å². The summed E-state index contributed by atoms with van der Waals surface area (Å²) in [4.78, 5) is 0. The topological polar surface area (TPSA) is 26.0 Å². The van der Waals surface area contributed by atoms with Gasteiger partial charge in [-0.25, -0.2) is 8.78 Å². The van der Waals surface area contributed by atoms with E-state index in [1.54, 1.807) is 0 Å². The first-order valence-corrected chi connectivity index (χ1v) is 6.65. The Hall–Kier alpha value is -0.960. The minimum atomic E-state index is -0.505. The number of halogens is 2. The van der Waals surface area contributed by atoms with E-state index in [1.807, 2.05) is 13.8 Å². The average Bonchev–Trinajstić information content (AvgIpc) is 2.38. The van der Waals surface area contributed by atoms with Gasteiger partial charge in [0.05, 0.1) is 0 Å². The molecule has 18 heavy (non-hydrogen) atoms. The summed E-state index contributed by atoms with van der Waals surface area (Å²) in [5, 5.41) is 0. The molecule has 0 unspecified atom stereocenters. The molecule has 0 saturated heterocycles. The predicted octanol–water partition coefficient (Wildman–Crippen LogP) is 4.54. The smallest absolute Gasteiger partial charge is 0.129 e. The van der Waals surface area contributed by atoms with Crippen LogP contribution in [0.4, 0.5) is 8.78 Å². The highest BCUT2D eigenvalue weighted by molar-refractivity contribution is 5.18. The Bertz CT molecular complexity index is 301. The SMILES string of the molecule is CC.CCC[C@@H](C)Cc1ccc(F)cc1F.CN. The van der Waals surface area contributed by atoms with Crippen LogP contribution in [-0.2, 0) is 6.42 Å². The first-order valence-electron chi connectivity index (χ1n) is 6.65. The van der Waals surface area contributed by atoms with Crippen molar-refractivity contribution in [1.29, 1.82) is 0 Å². The molecule has 0 aliphatic heterocycles. The summed E-state index contributed by atoms with van der Waals surface area (Å²) in [5.41, 5.74) is 5.12. The predicted molar refractivity (Wildman–Crippen MR) is 75.6 cm³/mol. The van der Waals surface area contributed by atoms with Gasteiger partial charge in [-0.05, 0) is 31.0 Å². The van der Waals surface area contributed by atoms with Gasteiger partial charge in [0.2, 0.25) is 0 Å². The summed E-state index contributed by atoms with van der Waals surface area (Å²) in [6, 6.07) is 3.81. The lowest BCUT2D eigenvalue weighted by atomic mass is 9.97. The molecular weight excluding hydrogens is 232 g/mol. The van der Waals surface area contributed by atoms with Gasteiger partial charge in [-0.1, -0.05) is 46.6 Å². The Morgan fingerprint density at radius 1 is 1.17 bits per heavy atom. The minimum Gasteiger partial charge on any atom is -0.333 e. The standard InChI is InChI=1S/C12H16F2.C2H6.CH5N/c1-3-4-9(2)7-10-5-6-11(13)8-12(10)14;2*1-2/h5-6,8-9H,3-4,7H2,1-2H3;1-2H3;2H2,1H3/t9-;;/m1../s1. The van der Waals surface area contributed by atoms with Crippen molar-refractivity contribution in [3.63, 3.8) is 0 Å². The van der Waals surface area contributed by atoms with E-state index in [9.17, 15) is 8.78 Å². The van der Waals surface area contributed by atoms with Gasteiger partial charge in [0.15, 0.2) is 0 Å². The zero-order chi connectivity index (χ0) is 14.6. The maximum absolute atomic E-state index is 13.2. The fourth-order valence-corrected chi connectivity index (χ4v) is 1.66. The van der Waals surface area contributed by atoms with E-state index in [-0.39, 0.29) is 0 Å². The summed E-state index contributed by atoms with van der Waals surface area (Å²) < 4.78 is 25.8. The van der Waals surface area contributed by atoms with Crippen LogP contribution in [-0.4, -0.2) is 7.05 Å².